The summed E-state index contributed by atoms with van der Waals surface area (Å²) in [6.07, 6.45) is 0. The second kappa shape index (κ2) is 6.16. The van der Waals surface area contributed by atoms with E-state index < -0.39 is 0 Å². The first-order valence-electron chi connectivity index (χ1n) is 6.03. The molecule has 5 heteroatoms. The van der Waals surface area contributed by atoms with Crippen LogP contribution in [-0.4, -0.2) is 17.9 Å². The van der Waals surface area contributed by atoms with Crippen molar-refractivity contribution < 1.29 is 4.79 Å². The van der Waals surface area contributed by atoms with Crippen molar-refractivity contribution >= 4 is 34.8 Å². The van der Waals surface area contributed by atoms with Crippen LogP contribution in [-0.2, 0) is 6.54 Å². The molecule has 3 nitrogen and oxygen atoms in total. The fourth-order valence-electron chi connectivity index (χ4n) is 1.86. The van der Waals surface area contributed by atoms with Gasteiger partial charge in [0.05, 0.1) is 15.7 Å². The SMILES string of the molecule is CN(Cc1ccccc1)C(=O)c1cc(Cl)c(N)c(Cl)c1. The van der Waals surface area contributed by atoms with E-state index in [0.29, 0.717) is 12.1 Å². The standard InChI is InChI=1S/C15H14Cl2N2O/c1-19(9-10-5-3-2-4-6-10)15(20)11-7-12(16)14(18)13(17)8-11/h2-8H,9,18H2,1H3. The summed E-state index contributed by atoms with van der Waals surface area (Å²) >= 11 is 11.9. The summed E-state index contributed by atoms with van der Waals surface area (Å²) in [5.41, 5.74) is 7.42. The summed E-state index contributed by atoms with van der Waals surface area (Å²) in [4.78, 5) is 13.9. The summed E-state index contributed by atoms with van der Waals surface area (Å²) in [6.45, 7) is 0.513. The highest BCUT2D eigenvalue weighted by atomic mass is 35.5. The third-order valence-corrected chi connectivity index (χ3v) is 3.56. The van der Waals surface area contributed by atoms with Gasteiger partial charge in [0.2, 0.25) is 0 Å². The second-order valence-corrected chi connectivity index (χ2v) is 5.31. The first kappa shape index (κ1) is 14.7. The molecule has 0 spiro atoms. The van der Waals surface area contributed by atoms with Crippen molar-refractivity contribution in [2.24, 2.45) is 0 Å². The van der Waals surface area contributed by atoms with Crippen LogP contribution in [0.1, 0.15) is 15.9 Å². The molecule has 0 bridgehead atoms. The Morgan fingerprint density at radius 3 is 2.25 bits per heavy atom. The summed E-state index contributed by atoms with van der Waals surface area (Å²) < 4.78 is 0. The molecule has 1 amide bonds. The number of carbonyl (C=O) groups excluding carboxylic acids is 1. The number of hydrogen-bond acceptors (Lipinski definition) is 2. The van der Waals surface area contributed by atoms with E-state index in [0.717, 1.165) is 5.56 Å². The van der Waals surface area contributed by atoms with E-state index in [1.165, 1.54) is 12.1 Å². The molecule has 0 fully saturated rings. The van der Waals surface area contributed by atoms with Crippen LogP contribution in [0.5, 0.6) is 0 Å². The van der Waals surface area contributed by atoms with Gasteiger partial charge < -0.3 is 10.6 Å². The van der Waals surface area contributed by atoms with E-state index in [-0.39, 0.29) is 21.6 Å². The van der Waals surface area contributed by atoms with Crippen LogP contribution < -0.4 is 5.73 Å². The van der Waals surface area contributed by atoms with Gasteiger partial charge in [0.25, 0.3) is 5.91 Å². The molecule has 0 radical (unpaired) electrons. The van der Waals surface area contributed by atoms with Gasteiger partial charge in [0.15, 0.2) is 0 Å². The lowest BCUT2D eigenvalue weighted by Crippen LogP contribution is -2.26. The van der Waals surface area contributed by atoms with Crippen LogP contribution in [0, 0.1) is 0 Å². The lowest BCUT2D eigenvalue weighted by Gasteiger charge is -2.18. The highest BCUT2D eigenvalue weighted by Crippen LogP contribution is 2.29. The van der Waals surface area contributed by atoms with Gasteiger partial charge in [-0.25, -0.2) is 0 Å². The zero-order valence-electron chi connectivity index (χ0n) is 10.9. The number of hydrogen-bond donors (Lipinski definition) is 1. The quantitative estimate of drug-likeness (QED) is 0.875. The molecule has 104 valence electrons. The number of benzene rings is 2. The third-order valence-electron chi connectivity index (χ3n) is 2.94. The van der Waals surface area contributed by atoms with Gasteiger partial charge in [0, 0.05) is 19.2 Å². The van der Waals surface area contributed by atoms with Gasteiger partial charge >= 0.3 is 0 Å². The molecule has 2 aromatic carbocycles. The maximum Gasteiger partial charge on any atom is 0.254 e. The molecule has 0 saturated carbocycles. The van der Waals surface area contributed by atoms with E-state index in [2.05, 4.69) is 0 Å². The van der Waals surface area contributed by atoms with Gasteiger partial charge in [0.1, 0.15) is 0 Å². The van der Waals surface area contributed by atoms with Crippen molar-refractivity contribution in [3.8, 4) is 0 Å². The summed E-state index contributed by atoms with van der Waals surface area (Å²) in [5.74, 6) is -0.155. The van der Waals surface area contributed by atoms with Crippen molar-refractivity contribution in [1.29, 1.82) is 0 Å². The number of nitrogen functional groups attached to an aromatic ring is 1. The molecule has 2 aromatic rings. The number of carbonyl (C=O) groups is 1. The van der Waals surface area contributed by atoms with Crippen LogP contribution >= 0.6 is 23.2 Å². The van der Waals surface area contributed by atoms with E-state index in [1.807, 2.05) is 30.3 Å². The minimum atomic E-state index is -0.155. The van der Waals surface area contributed by atoms with Crippen molar-refractivity contribution in [2.45, 2.75) is 6.54 Å². The summed E-state index contributed by atoms with van der Waals surface area (Å²) in [6, 6.07) is 12.8. The van der Waals surface area contributed by atoms with Crippen LogP contribution in [0.4, 0.5) is 5.69 Å². The minimum absolute atomic E-state index is 0.155. The maximum absolute atomic E-state index is 12.3. The lowest BCUT2D eigenvalue weighted by molar-refractivity contribution is 0.0785. The normalized spacial score (nSPS) is 10.3. The number of nitrogens with two attached hydrogens (primary N) is 1. The van der Waals surface area contributed by atoms with Crippen LogP contribution in [0.3, 0.4) is 0 Å². The number of halogens is 2. The highest BCUT2D eigenvalue weighted by molar-refractivity contribution is 6.39. The van der Waals surface area contributed by atoms with Crippen molar-refractivity contribution in [3.63, 3.8) is 0 Å². The fourth-order valence-corrected chi connectivity index (χ4v) is 2.34. The smallest absolute Gasteiger partial charge is 0.254 e. The van der Waals surface area contributed by atoms with Gasteiger partial charge in [-0.15, -0.1) is 0 Å². The predicted molar refractivity (Wildman–Crippen MR) is 83.1 cm³/mol. The Kier molecular flexibility index (Phi) is 4.53. The molecule has 0 atom stereocenters. The predicted octanol–water partition coefficient (Wildman–Crippen LogP) is 3.85. The van der Waals surface area contributed by atoms with E-state index in [9.17, 15) is 4.79 Å². The highest BCUT2D eigenvalue weighted by Gasteiger charge is 2.15. The zero-order valence-corrected chi connectivity index (χ0v) is 12.4. The fraction of sp³-hybridized carbons (Fsp3) is 0.133. The molecular weight excluding hydrogens is 295 g/mol. The number of anilines is 1. The number of nitrogens with zero attached hydrogens (tertiary/aromatic N) is 1. The molecule has 0 heterocycles. The minimum Gasteiger partial charge on any atom is -0.396 e. The van der Waals surface area contributed by atoms with E-state index in [1.54, 1.807) is 11.9 Å². The second-order valence-electron chi connectivity index (χ2n) is 4.50. The topological polar surface area (TPSA) is 46.3 Å². The number of rotatable bonds is 3. The average molecular weight is 309 g/mol. The van der Waals surface area contributed by atoms with Crippen LogP contribution in [0.2, 0.25) is 10.0 Å². The van der Waals surface area contributed by atoms with Gasteiger partial charge in [-0.1, -0.05) is 53.5 Å². The molecule has 0 saturated heterocycles. The Bertz CT molecular complexity index is 606. The monoisotopic (exact) mass is 308 g/mol. The summed E-state index contributed by atoms with van der Waals surface area (Å²) in [7, 11) is 1.73. The molecule has 0 aromatic heterocycles. The third kappa shape index (κ3) is 3.24. The zero-order chi connectivity index (χ0) is 14.7. The summed E-state index contributed by atoms with van der Waals surface area (Å²) in [5, 5.41) is 0.572. The van der Waals surface area contributed by atoms with Gasteiger partial charge in [-0.2, -0.15) is 0 Å². The van der Waals surface area contributed by atoms with Crippen LogP contribution in [0.15, 0.2) is 42.5 Å². The molecule has 2 rings (SSSR count). The van der Waals surface area contributed by atoms with Crippen molar-refractivity contribution in [2.75, 3.05) is 12.8 Å². The Labute approximate surface area is 127 Å². The maximum atomic E-state index is 12.3. The molecule has 0 aliphatic heterocycles. The van der Waals surface area contributed by atoms with Crippen LogP contribution in [0.25, 0.3) is 0 Å². The molecular formula is C15H14Cl2N2O. The molecule has 2 N–H and O–H groups in total. The average Bonchev–Trinajstić information content (AvgIpc) is 2.44. The number of amides is 1. The first-order valence-corrected chi connectivity index (χ1v) is 6.78. The molecule has 20 heavy (non-hydrogen) atoms. The Morgan fingerprint density at radius 1 is 1.15 bits per heavy atom. The van der Waals surface area contributed by atoms with E-state index >= 15 is 0 Å². The molecule has 0 unspecified atom stereocenters. The van der Waals surface area contributed by atoms with Crippen molar-refractivity contribution in [3.05, 3.63) is 63.6 Å². The Balaban J connectivity index is 2.19. The largest absolute Gasteiger partial charge is 0.396 e. The van der Waals surface area contributed by atoms with Crippen molar-refractivity contribution in [1.82, 2.24) is 4.90 Å². The van der Waals surface area contributed by atoms with Gasteiger partial charge in [-0.3, -0.25) is 4.79 Å². The molecule has 0 aliphatic rings. The Hall–Kier alpha value is -1.71. The van der Waals surface area contributed by atoms with Gasteiger partial charge in [-0.05, 0) is 17.7 Å². The van der Waals surface area contributed by atoms with E-state index in [4.69, 9.17) is 28.9 Å². The lowest BCUT2D eigenvalue weighted by atomic mass is 10.1. The molecule has 0 aliphatic carbocycles. The Morgan fingerprint density at radius 2 is 1.70 bits per heavy atom. The first-order chi connectivity index (χ1) is 9.49.